The normalized spacial score (nSPS) is 11.1. The van der Waals surface area contributed by atoms with Gasteiger partial charge in [-0.3, -0.25) is 18.7 Å². The Hall–Kier alpha value is -3.38. The summed E-state index contributed by atoms with van der Waals surface area (Å²) in [7, 11) is 3.18. The summed E-state index contributed by atoms with van der Waals surface area (Å²) in [4.78, 5) is 38.6. The third-order valence-electron chi connectivity index (χ3n) is 5.00. The van der Waals surface area contributed by atoms with Gasteiger partial charge in [0.1, 0.15) is 5.52 Å². The molecule has 0 bridgehead atoms. The summed E-state index contributed by atoms with van der Waals surface area (Å²) < 4.78 is 4.10. The zero-order valence-corrected chi connectivity index (χ0v) is 16.7. The molecule has 0 unspecified atom stereocenters. The minimum atomic E-state index is -0.534. The van der Waals surface area contributed by atoms with Crippen molar-refractivity contribution in [2.24, 2.45) is 14.1 Å². The van der Waals surface area contributed by atoms with Crippen molar-refractivity contribution in [2.45, 2.75) is 6.54 Å². The number of halogens is 1. The molecule has 2 aromatic carbocycles. The molecule has 29 heavy (non-hydrogen) atoms. The summed E-state index contributed by atoms with van der Waals surface area (Å²) in [5.74, 6) is -0.244. The first-order valence-electron chi connectivity index (χ1n) is 9.01. The van der Waals surface area contributed by atoms with E-state index in [0.29, 0.717) is 21.6 Å². The van der Waals surface area contributed by atoms with Gasteiger partial charge in [-0.15, -0.1) is 0 Å². The summed E-state index contributed by atoms with van der Waals surface area (Å²) in [5, 5.41) is 0.526. The van der Waals surface area contributed by atoms with E-state index in [2.05, 4.69) is 0 Å². The van der Waals surface area contributed by atoms with Crippen LogP contribution in [0.2, 0.25) is 5.02 Å². The quantitative estimate of drug-likeness (QED) is 0.488. The third kappa shape index (κ3) is 3.21. The highest BCUT2D eigenvalue weighted by molar-refractivity contribution is 6.30. The van der Waals surface area contributed by atoms with Gasteiger partial charge in [0.2, 0.25) is 0 Å². The summed E-state index contributed by atoms with van der Waals surface area (Å²) >= 11 is 5.90. The monoisotopic (exact) mass is 407 g/mol. The van der Waals surface area contributed by atoms with Gasteiger partial charge in [-0.25, -0.2) is 4.79 Å². The molecule has 6 nitrogen and oxygen atoms in total. The predicted molar refractivity (Wildman–Crippen MR) is 114 cm³/mol. The maximum absolute atomic E-state index is 13.0. The van der Waals surface area contributed by atoms with Crippen LogP contribution in [0.1, 0.15) is 10.4 Å². The van der Waals surface area contributed by atoms with E-state index < -0.39 is 11.2 Å². The predicted octanol–water partition coefficient (Wildman–Crippen LogP) is 3.24. The van der Waals surface area contributed by atoms with Gasteiger partial charge in [0, 0.05) is 36.4 Å². The van der Waals surface area contributed by atoms with Crippen molar-refractivity contribution in [3.63, 3.8) is 0 Å². The molecule has 2 heterocycles. The number of carbonyl (C=O) groups is 1. The average Bonchev–Trinajstić information content (AvgIpc) is 3.07. The van der Waals surface area contributed by atoms with Crippen molar-refractivity contribution in [3.05, 3.63) is 92.2 Å². The molecule has 0 amide bonds. The molecule has 0 saturated heterocycles. The summed E-state index contributed by atoms with van der Waals surface area (Å²) in [6.07, 6.45) is 1.81. The average molecular weight is 408 g/mol. The van der Waals surface area contributed by atoms with Gasteiger partial charge in [0.25, 0.3) is 5.56 Å². The lowest BCUT2D eigenvalue weighted by molar-refractivity contribution is 0.0971. The van der Waals surface area contributed by atoms with Crippen LogP contribution in [-0.2, 0) is 20.6 Å². The Bertz CT molecular complexity index is 1350. The number of rotatable bonds is 4. The van der Waals surface area contributed by atoms with E-state index in [0.717, 1.165) is 15.7 Å². The highest BCUT2D eigenvalue weighted by atomic mass is 35.5. The second-order valence-corrected chi connectivity index (χ2v) is 7.32. The van der Waals surface area contributed by atoms with E-state index in [-0.39, 0.29) is 12.3 Å². The lowest BCUT2D eigenvalue weighted by atomic mass is 10.1. The van der Waals surface area contributed by atoms with Crippen LogP contribution < -0.4 is 11.2 Å². The molecule has 4 aromatic rings. The number of hydrogen-bond acceptors (Lipinski definition) is 3. The van der Waals surface area contributed by atoms with Crippen molar-refractivity contribution < 1.29 is 4.79 Å². The zero-order chi connectivity index (χ0) is 20.7. The minimum absolute atomic E-state index is 0.186. The van der Waals surface area contributed by atoms with Crippen LogP contribution in [0.15, 0.2) is 70.4 Å². The van der Waals surface area contributed by atoms with Crippen LogP contribution >= 0.6 is 11.6 Å². The first-order valence-corrected chi connectivity index (χ1v) is 9.39. The number of benzene rings is 2. The van der Waals surface area contributed by atoms with Gasteiger partial charge >= 0.3 is 5.69 Å². The lowest BCUT2D eigenvalue weighted by Crippen LogP contribution is -2.39. The van der Waals surface area contributed by atoms with Crippen LogP contribution in [0.25, 0.3) is 22.2 Å². The van der Waals surface area contributed by atoms with E-state index in [9.17, 15) is 14.4 Å². The first-order chi connectivity index (χ1) is 13.9. The van der Waals surface area contributed by atoms with Crippen molar-refractivity contribution in [3.8, 4) is 11.1 Å². The molecule has 146 valence electrons. The Morgan fingerprint density at radius 1 is 0.931 bits per heavy atom. The molecule has 0 fully saturated rings. The molecular weight excluding hydrogens is 390 g/mol. The zero-order valence-electron chi connectivity index (χ0n) is 15.9. The standard InChI is InChI=1S/C22H18ClN3O3/c1-24-12-17(14-6-4-3-5-7-14)19-20(24)21(28)25(2)22(29)26(19)13-18(27)15-8-10-16(23)11-9-15/h3-12H,13H2,1-2H3. The number of hydrogen-bond donors (Lipinski definition) is 0. The minimum Gasteiger partial charge on any atom is -0.344 e. The van der Waals surface area contributed by atoms with E-state index in [1.807, 2.05) is 36.5 Å². The van der Waals surface area contributed by atoms with Gasteiger partial charge in [-0.05, 0) is 29.8 Å². The highest BCUT2D eigenvalue weighted by Gasteiger charge is 2.21. The van der Waals surface area contributed by atoms with E-state index in [1.54, 1.807) is 35.9 Å². The highest BCUT2D eigenvalue weighted by Crippen LogP contribution is 2.28. The van der Waals surface area contributed by atoms with Crippen molar-refractivity contribution in [1.29, 1.82) is 0 Å². The number of aryl methyl sites for hydroxylation is 1. The van der Waals surface area contributed by atoms with Crippen LogP contribution in [0, 0.1) is 0 Å². The number of fused-ring (bicyclic) bond motifs is 1. The molecule has 7 heteroatoms. The van der Waals surface area contributed by atoms with Crippen molar-refractivity contribution in [2.75, 3.05) is 0 Å². The Kier molecular flexibility index (Phi) is 4.72. The second-order valence-electron chi connectivity index (χ2n) is 6.88. The molecule has 0 radical (unpaired) electrons. The Balaban J connectivity index is 1.97. The van der Waals surface area contributed by atoms with E-state index in [4.69, 9.17) is 11.6 Å². The molecule has 0 aliphatic rings. The Morgan fingerprint density at radius 3 is 2.24 bits per heavy atom. The fraction of sp³-hybridized carbons (Fsp3) is 0.136. The summed E-state index contributed by atoms with van der Waals surface area (Å²) in [6, 6.07) is 16.0. The molecular formula is C22H18ClN3O3. The lowest BCUT2D eigenvalue weighted by Gasteiger charge is -2.12. The molecule has 0 saturated carbocycles. The molecule has 4 rings (SSSR count). The fourth-order valence-corrected chi connectivity index (χ4v) is 3.63. The van der Waals surface area contributed by atoms with Crippen LogP contribution in [-0.4, -0.2) is 19.5 Å². The molecule has 0 aliphatic carbocycles. The number of Topliss-reactive ketones (excluding diaryl/α,β-unsaturated/α-hetero) is 1. The van der Waals surface area contributed by atoms with Crippen molar-refractivity contribution in [1.82, 2.24) is 13.7 Å². The van der Waals surface area contributed by atoms with Crippen LogP contribution in [0.3, 0.4) is 0 Å². The molecule has 0 spiro atoms. The van der Waals surface area contributed by atoms with Crippen LogP contribution in [0.5, 0.6) is 0 Å². The van der Waals surface area contributed by atoms with E-state index in [1.165, 1.54) is 11.6 Å². The Labute approximate surface area is 171 Å². The number of carbonyl (C=O) groups excluding carboxylic acids is 1. The Morgan fingerprint density at radius 2 is 1.59 bits per heavy atom. The summed E-state index contributed by atoms with van der Waals surface area (Å²) in [6.45, 7) is -0.186. The topological polar surface area (TPSA) is 66.0 Å². The maximum atomic E-state index is 13.0. The molecule has 0 atom stereocenters. The van der Waals surface area contributed by atoms with Gasteiger partial charge < -0.3 is 4.57 Å². The SMILES string of the molecule is Cn1c(=O)c2c(c(-c3ccccc3)cn2C)n(CC(=O)c2ccc(Cl)cc2)c1=O. The molecule has 0 aliphatic heterocycles. The number of aromatic nitrogens is 3. The summed E-state index contributed by atoms with van der Waals surface area (Å²) in [5.41, 5.74) is 1.92. The van der Waals surface area contributed by atoms with Gasteiger partial charge in [-0.2, -0.15) is 0 Å². The van der Waals surface area contributed by atoms with Gasteiger partial charge in [-0.1, -0.05) is 41.9 Å². The number of nitrogens with zero attached hydrogens (tertiary/aromatic N) is 3. The fourth-order valence-electron chi connectivity index (χ4n) is 3.51. The molecule has 2 aromatic heterocycles. The smallest absolute Gasteiger partial charge is 0.331 e. The second kappa shape index (κ2) is 7.22. The third-order valence-corrected chi connectivity index (χ3v) is 5.25. The van der Waals surface area contributed by atoms with Crippen molar-refractivity contribution >= 4 is 28.4 Å². The van der Waals surface area contributed by atoms with E-state index >= 15 is 0 Å². The largest absolute Gasteiger partial charge is 0.344 e. The number of ketones is 1. The molecule has 0 N–H and O–H groups in total. The maximum Gasteiger partial charge on any atom is 0.331 e. The van der Waals surface area contributed by atoms with Gasteiger partial charge in [0.05, 0.1) is 12.1 Å². The van der Waals surface area contributed by atoms with Crippen LogP contribution in [0.4, 0.5) is 0 Å². The van der Waals surface area contributed by atoms with Gasteiger partial charge in [0.15, 0.2) is 5.78 Å². The first kappa shape index (κ1) is 19.0.